The first-order valence-electron chi connectivity index (χ1n) is 10.2. The van der Waals surface area contributed by atoms with Gasteiger partial charge in [0.25, 0.3) is 0 Å². The number of carbonyl (C=O) groups is 1. The number of amides is 2. The fourth-order valence-electron chi connectivity index (χ4n) is 4.04. The quantitative estimate of drug-likeness (QED) is 0.648. The summed E-state index contributed by atoms with van der Waals surface area (Å²) in [6.07, 6.45) is 6.28. The van der Waals surface area contributed by atoms with E-state index in [1.807, 2.05) is 48.5 Å². The molecule has 1 saturated carbocycles. The molecule has 1 heterocycles. The first-order chi connectivity index (χ1) is 14.7. The lowest BCUT2D eigenvalue weighted by atomic mass is 9.79. The average Bonchev–Trinajstić information content (AvgIpc) is 2.81. The van der Waals surface area contributed by atoms with E-state index < -0.39 is 5.54 Å². The maximum Gasteiger partial charge on any atom is 0.319 e. The SMILES string of the molecule is N#Cc1nccc(C2(NC(=O)Nc3ccc(-c4ccccc4)cc3)CCCCC2)n1. The number of aromatic nitrogens is 2. The van der Waals surface area contributed by atoms with Crippen molar-refractivity contribution in [3.63, 3.8) is 0 Å². The molecule has 4 rings (SSSR count). The van der Waals surface area contributed by atoms with Crippen LogP contribution in [0.4, 0.5) is 10.5 Å². The topological polar surface area (TPSA) is 90.7 Å². The molecule has 0 bridgehead atoms. The fraction of sp³-hybridized carbons (Fsp3) is 0.250. The predicted molar refractivity (Wildman–Crippen MR) is 116 cm³/mol. The van der Waals surface area contributed by atoms with Crippen LogP contribution in [0, 0.1) is 11.3 Å². The lowest BCUT2D eigenvalue weighted by Crippen LogP contribution is -2.49. The van der Waals surface area contributed by atoms with Crippen LogP contribution in [0.15, 0.2) is 66.9 Å². The molecule has 150 valence electrons. The molecule has 0 aliphatic heterocycles. The molecule has 2 amide bonds. The Kier molecular flexibility index (Phi) is 5.71. The Morgan fingerprint density at radius 2 is 1.63 bits per heavy atom. The zero-order valence-electron chi connectivity index (χ0n) is 16.6. The highest BCUT2D eigenvalue weighted by Gasteiger charge is 2.37. The van der Waals surface area contributed by atoms with Gasteiger partial charge >= 0.3 is 6.03 Å². The van der Waals surface area contributed by atoms with E-state index in [0.717, 1.165) is 48.9 Å². The van der Waals surface area contributed by atoms with Gasteiger partial charge in [-0.2, -0.15) is 5.26 Å². The van der Waals surface area contributed by atoms with E-state index in [4.69, 9.17) is 5.26 Å². The van der Waals surface area contributed by atoms with Crippen LogP contribution >= 0.6 is 0 Å². The minimum atomic E-state index is -0.582. The van der Waals surface area contributed by atoms with Gasteiger partial charge in [-0.05, 0) is 42.2 Å². The van der Waals surface area contributed by atoms with Gasteiger partial charge in [-0.3, -0.25) is 0 Å². The number of carbonyl (C=O) groups excluding carboxylic acids is 1. The van der Waals surface area contributed by atoms with Gasteiger partial charge in [0.15, 0.2) is 0 Å². The van der Waals surface area contributed by atoms with Crippen LogP contribution in [0.2, 0.25) is 0 Å². The van der Waals surface area contributed by atoms with E-state index in [2.05, 4.69) is 32.7 Å². The summed E-state index contributed by atoms with van der Waals surface area (Å²) in [6, 6.07) is 21.4. The zero-order chi connectivity index (χ0) is 20.8. The van der Waals surface area contributed by atoms with E-state index >= 15 is 0 Å². The lowest BCUT2D eigenvalue weighted by molar-refractivity contribution is 0.209. The van der Waals surface area contributed by atoms with Gasteiger partial charge in [0.1, 0.15) is 6.07 Å². The second kappa shape index (κ2) is 8.75. The molecule has 2 aromatic carbocycles. The predicted octanol–water partition coefficient (Wildman–Crippen LogP) is 5.00. The first kappa shape index (κ1) is 19.6. The van der Waals surface area contributed by atoms with Gasteiger partial charge in [-0.15, -0.1) is 0 Å². The minimum absolute atomic E-state index is 0.121. The molecule has 1 aromatic heterocycles. The largest absolute Gasteiger partial charge is 0.327 e. The van der Waals surface area contributed by atoms with E-state index in [1.54, 1.807) is 12.3 Å². The fourth-order valence-corrected chi connectivity index (χ4v) is 4.04. The lowest BCUT2D eigenvalue weighted by Gasteiger charge is -2.37. The van der Waals surface area contributed by atoms with Crippen molar-refractivity contribution in [3.05, 3.63) is 78.4 Å². The number of nitrogens with one attached hydrogen (secondary N) is 2. The van der Waals surface area contributed by atoms with Gasteiger partial charge in [0, 0.05) is 11.9 Å². The summed E-state index contributed by atoms with van der Waals surface area (Å²) < 4.78 is 0. The number of anilines is 1. The highest BCUT2D eigenvalue weighted by Crippen LogP contribution is 2.36. The average molecular weight is 397 g/mol. The van der Waals surface area contributed by atoms with Gasteiger partial charge < -0.3 is 10.6 Å². The maximum atomic E-state index is 12.8. The molecule has 3 aromatic rings. The van der Waals surface area contributed by atoms with Crippen molar-refractivity contribution in [3.8, 4) is 17.2 Å². The first-order valence-corrected chi connectivity index (χ1v) is 10.2. The van der Waals surface area contributed by atoms with Crippen LogP contribution in [0.1, 0.15) is 43.6 Å². The molecule has 0 unspecified atom stereocenters. The highest BCUT2D eigenvalue weighted by atomic mass is 16.2. The van der Waals surface area contributed by atoms with Crippen LogP contribution in [-0.2, 0) is 5.54 Å². The van der Waals surface area contributed by atoms with Crippen molar-refractivity contribution in [2.45, 2.75) is 37.6 Å². The molecule has 1 fully saturated rings. The van der Waals surface area contributed by atoms with Crippen molar-refractivity contribution < 1.29 is 4.79 Å². The number of hydrogen-bond donors (Lipinski definition) is 2. The van der Waals surface area contributed by atoms with Crippen molar-refractivity contribution in [2.24, 2.45) is 0 Å². The Labute approximate surface area is 176 Å². The molecule has 0 atom stereocenters. The molecule has 0 radical (unpaired) electrons. The molecule has 1 aliphatic rings. The van der Waals surface area contributed by atoms with Crippen molar-refractivity contribution in [1.82, 2.24) is 15.3 Å². The normalized spacial score (nSPS) is 15.0. The Bertz CT molecular complexity index is 1050. The van der Waals surface area contributed by atoms with Crippen molar-refractivity contribution >= 4 is 11.7 Å². The zero-order valence-corrected chi connectivity index (χ0v) is 16.6. The van der Waals surface area contributed by atoms with Gasteiger partial charge in [-0.25, -0.2) is 14.8 Å². The molecule has 30 heavy (non-hydrogen) atoms. The smallest absolute Gasteiger partial charge is 0.319 e. The summed E-state index contributed by atoms with van der Waals surface area (Å²) in [7, 11) is 0. The Hall–Kier alpha value is -3.72. The van der Waals surface area contributed by atoms with E-state index in [0.29, 0.717) is 5.69 Å². The molecule has 6 nitrogen and oxygen atoms in total. The van der Waals surface area contributed by atoms with Gasteiger partial charge in [0.2, 0.25) is 5.82 Å². The summed E-state index contributed by atoms with van der Waals surface area (Å²) in [6.45, 7) is 0. The number of nitriles is 1. The highest BCUT2D eigenvalue weighted by molar-refractivity contribution is 5.90. The van der Waals surface area contributed by atoms with E-state index in [9.17, 15) is 4.79 Å². The number of urea groups is 1. The number of hydrogen-bond acceptors (Lipinski definition) is 4. The van der Waals surface area contributed by atoms with Crippen LogP contribution in [0.5, 0.6) is 0 Å². The molecular formula is C24H23N5O. The summed E-state index contributed by atoms with van der Waals surface area (Å²) in [5.41, 5.74) is 3.06. The molecule has 0 saturated heterocycles. The third-order valence-electron chi connectivity index (χ3n) is 5.56. The second-order valence-electron chi connectivity index (χ2n) is 7.54. The molecular weight excluding hydrogens is 374 g/mol. The third kappa shape index (κ3) is 4.31. The molecule has 2 N–H and O–H groups in total. The monoisotopic (exact) mass is 397 g/mol. The minimum Gasteiger partial charge on any atom is -0.327 e. The second-order valence-corrected chi connectivity index (χ2v) is 7.54. The van der Waals surface area contributed by atoms with Gasteiger partial charge in [-0.1, -0.05) is 61.7 Å². The van der Waals surface area contributed by atoms with Crippen LogP contribution in [0.3, 0.4) is 0 Å². The number of nitrogens with zero attached hydrogens (tertiary/aromatic N) is 3. The Balaban J connectivity index is 1.50. The summed E-state index contributed by atoms with van der Waals surface area (Å²) in [5, 5.41) is 15.2. The number of benzene rings is 2. The Morgan fingerprint density at radius 3 is 2.33 bits per heavy atom. The Morgan fingerprint density at radius 1 is 0.933 bits per heavy atom. The summed E-state index contributed by atoms with van der Waals surface area (Å²) in [5.74, 6) is 0.121. The van der Waals surface area contributed by atoms with Crippen LogP contribution < -0.4 is 10.6 Å². The molecule has 0 spiro atoms. The standard InChI is InChI=1S/C24H23N5O/c25-17-22-26-16-13-21(28-22)24(14-5-2-6-15-24)29-23(30)27-20-11-9-19(10-12-20)18-7-3-1-4-8-18/h1,3-4,7-13,16H,2,5-6,14-15H2,(H2,27,29,30). The van der Waals surface area contributed by atoms with Crippen molar-refractivity contribution in [2.75, 3.05) is 5.32 Å². The summed E-state index contributed by atoms with van der Waals surface area (Å²) in [4.78, 5) is 21.2. The summed E-state index contributed by atoms with van der Waals surface area (Å²) >= 11 is 0. The molecule has 1 aliphatic carbocycles. The third-order valence-corrected chi connectivity index (χ3v) is 5.56. The van der Waals surface area contributed by atoms with E-state index in [-0.39, 0.29) is 11.9 Å². The van der Waals surface area contributed by atoms with Gasteiger partial charge in [0.05, 0.1) is 11.2 Å². The van der Waals surface area contributed by atoms with Crippen molar-refractivity contribution in [1.29, 1.82) is 5.26 Å². The molecule has 6 heteroatoms. The number of rotatable bonds is 4. The van der Waals surface area contributed by atoms with Crippen LogP contribution in [-0.4, -0.2) is 16.0 Å². The maximum absolute atomic E-state index is 12.8. The van der Waals surface area contributed by atoms with Crippen LogP contribution in [0.25, 0.3) is 11.1 Å². The van der Waals surface area contributed by atoms with E-state index in [1.165, 1.54) is 0 Å².